The molecule has 0 amide bonds. The lowest BCUT2D eigenvalue weighted by Gasteiger charge is -2.10. The Morgan fingerprint density at radius 1 is 1.40 bits per heavy atom. The highest BCUT2D eigenvalue weighted by atomic mass is 16.1. The number of anilines is 1. The van der Waals surface area contributed by atoms with Crippen molar-refractivity contribution in [2.75, 3.05) is 5.73 Å². The summed E-state index contributed by atoms with van der Waals surface area (Å²) in [5.74, 6) is -0.184. The fourth-order valence-corrected chi connectivity index (χ4v) is 1.65. The Kier molecular flexibility index (Phi) is 2.37. The summed E-state index contributed by atoms with van der Waals surface area (Å²) in [4.78, 5) is 14.9. The number of nitrogen functional groups attached to an aromatic ring is 1. The van der Waals surface area contributed by atoms with E-state index in [9.17, 15) is 4.79 Å². The van der Waals surface area contributed by atoms with Gasteiger partial charge in [0.2, 0.25) is 0 Å². The van der Waals surface area contributed by atoms with E-state index < -0.39 is 0 Å². The number of fused-ring (bicyclic) bond motifs is 1. The molecule has 0 radical (unpaired) electrons. The Balaban J connectivity index is 2.70. The van der Waals surface area contributed by atoms with Gasteiger partial charge in [0.05, 0.1) is 11.2 Å². The molecule has 3 heteroatoms. The number of hydrogen-bond donors (Lipinski definition) is 1. The summed E-state index contributed by atoms with van der Waals surface area (Å²) < 4.78 is 0. The lowest BCUT2D eigenvalue weighted by Crippen LogP contribution is -2.01. The number of aromatic nitrogens is 1. The van der Waals surface area contributed by atoms with Gasteiger partial charge in [-0.05, 0) is 11.6 Å². The maximum absolute atomic E-state index is 10.7. The SMILES string of the molecule is CC(C=O)c1ccc2cccnc2c1N. The highest BCUT2D eigenvalue weighted by Crippen LogP contribution is 2.27. The standard InChI is InChI=1S/C12H12N2O/c1-8(7-15)10-5-4-9-3-2-6-14-12(9)11(10)13/h2-8H,13H2,1H3. The monoisotopic (exact) mass is 200 g/mol. The third kappa shape index (κ3) is 1.56. The van der Waals surface area contributed by atoms with Crippen LogP contribution in [0.2, 0.25) is 0 Å². The summed E-state index contributed by atoms with van der Waals surface area (Å²) >= 11 is 0. The lowest BCUT2D eigenvalue weighted by molar-refractivity contribution is -0.108. The van der Waals surface area contributed by atoms with E-state index in [0.29, 0.717) is 5.69 Å². The predicted molar refractivity (Wildman–Crippen MR) is 60.6 cm³/mol. The van der Waals surface area contributed by atoms with Crippen LogP contribution in [0.4, 0.5) is 5.69 Å². The van der Waals surface area contributed by atoms with Crippen molar-refractivity contribution in [2.24, 2.45) is 0 Å². The molecular formula is C12H12N2O. The van der Waals surface area contributed by atoms with Crippen molar-refractivity contribution in [3.8, 4) is 0 Å². The minimum atomic E-state index is -0.184. The molecule has 2 aromatic rings. The summed E-state index contributed by atoms with van der Waals surface area (Å²) in [5, 5.41) is 0.997. The first-order valence-corrected chi connectivity index (χ1v) is 4.82. The largest absolute Gasteiger partial charge is 0.397 e. The normalized spacial score (nSPS) is 12.6. The summed E-state index contributed by atoms with van der Waals surface area (Å²) in [6.45, 7) is 1.83. The molecule has 2 N–H and O–H groups in total. The van der Waals surface area contributed by atoms with Crippen molar-refractivity contribution in [1.82, 2.24) is 4.98 Å². The average molecular weight is 200 g/mol. The molecular weight excluding hydrogens is 188 g/mol. The van der Waals surface area contributed by atoms with Crippen LogP contribution in [0.15, 0.2) is 30.5 Å². The quantitative estimate of drug-likeness (QED) is 0.596. The van der Waals surface area contributed by atoms with Crippen molar-refractivity contribution < 1.29 is 4.79 Å². The Hall–Kier alpha value is -1.90. The Morgan fingerprint density at radius 2 is 2.20 bits per heavy atom. The zero-order valence-corrected chi connectivity index (χ0v) is 8.47. The van der Waals surface area contributed by atoms with Crippen LogP contribution in [0.3, 0.4) is 0 Å². The summed E-state index contributed by atoms with van der Waals surface area (Å²) in [5.41, 5.74) is 8.19. The van der Waals surface area contributed by atoms with Gasteiger partial charge >= 0.3 is 0 Å². The molecule has 0 saturated heterocycles. The number of pyridine rings is 1. The molecule has 0 aliphatic heterocycles. The number of carbonyl (C=O) groups is 1. The van der Waals surface area contributed by atoms with Crippen LogP contribution in [-0.2, 0) is 4.79 Å². The summed E-state index contributed by atoms with van der Waals surface area (Å²) in [6.07, 6.45) is 2.59. The molecule has 3 nitrogen and oxygen atoms in total. The first-order chi connectivity index (χ1) is 7.24. The fraction of sp³-hybridized carbons (Fsp3) is 0.167. The Labute approximate surface area is 87.9 Å². The van der Waals surface area contributed by atoms with E-state index in [2.05, 4.69) is 4.98 Å². The molecule has 2 rings (SSSR count). The topological polar surface area (TPSA) is 56.0 Å². The number of benzene rings is 1. The van der Waals surface area contributed by atoms with Gasteiger partial charge in [0.1, 0.15) is 6.29 Å². The molecule has 1 aromatic heterocycles. The predicted octanol–water partition coefficient (Wildman–Crippen LogP) is 2.12. The van der Waals surface area contributed by atoms with Crippen LogP contribution in [0.25, 0.3) is 10.9 Å². The summed E-state index contributed by atoms with van der Waals surface area (Å²) in [6, 6.07) is 7.64. The van der Waals surface area contributed by atoms with E-state index in [1.54, 1.807) is 6.20 Å². The Morgan fingerprint density at radius 3 is 2.93 bits per heavy atom. The second-order valence-corrected chi connectivity index (χ2v) is 3.57. The highest BCUT2D eigenvalue weighted by molar-refractivity contribution is 5.92. The average Bonchev–Trinajstić information content (AvgIpc) is 2.29. The third-order valence-electron chi connectivity index (χ3n) is 2.54. The first-order valence-electron chi connectivity index (χ1n) is 4.82. The molecule has 15 heavy (non-hydrogen) atoms. The molecule has 1 heterocycles. The molecule has 0 bridgehead atoms. The second-order valence-electron chi connectivity index (χ2n) is 3.57. The molecule has 1 aromatic carbocycles. The van der Waals surface area contributed by atoms with Crippen molar-refractivity contribution in [2.45, 2.75) is 12.8 Å². The maximum Gasteiger partial charge on any atom is 0.127 e. The highest BCUT2D eigenvalue weighted by Gasteiger charge is 2.10. The number of nitrogens with zero attached hydrogens (tertiary/aromatic N) is 1. The van der Waals surface area contributed by atoms with E-state index >= 15 is 0 Å². The number of aldehydes is 1. The minimum absolute atomic E-state index is 0.184. The summed E-state index contributed by atoms with van der Waals surface area (Å²) in [7, 11) is 0. The fourth-order valence-electron chi connectivity index (χ4n) is 1.65. The van der Waals surface area contributed by atoms with Crippen molar-refractivity contribution >= 4 is 22.9 Å². The van der Waals surface area contributed by atoms with Crippen LogP contribution in [0, 0.1) is 0 Å². The molecule has 0 fully saturated rings. The molecule has 0 aliphatic carbocycles. The second kappa shape index (κ2) is 3.69. The van der Waals surface area contributed by atoms with Gasteiger partial charge in [-0.2, -0.15) is 0 Å². The van der Waals surface area contributed by atoms with Gasteiger partial charge in [-0.25, -0.2) is 0 Å². The number of carbonyl (C=O) groups excluding carboxylic acids is 1. The van der Waals surface area contributed by atoms with Crippen LogP contribution in [0.1, 0.15) is 18.4 Å². The van der Waals surface area contributed by atoms with E-state index in [1.165, 1.54) is 0 Å². The lowest BCUT2D eigenvalue weighted by atomic mass is 9.99. The number of nitrogens with two attached hydrogens (primary N) is 1. The van der Waals surface area contributed by atoms with Crippen LogP contribution >= 0.6 is 0 Å². The van der Waals surface area contributed by atoms with E-state index in [1.807, 2.05) is 31.2 Å². The molecule has 76 valence electrons. The first kappa shape index (κ1) is 9.65. The zero-order chi connectivity index (χ0) is 10.8. The van der Waals surface area contributed by atoms with Crippen LogP contribution in [0.5, 0.6) is 0 Å². The minimum Gasteiger partial charge on any atom is -0.397 e. The molecule has 0 aliphatic rings. The van der Waals surface area contributed by atoms with Crippen molar-refractivity contribution in [3.05, 3.63) is 36.0 Å². The van der Waals surface area contributed by atoms with Gasteiger partial charge in [-0.3, -0.25) is 4.98 Å². The van der Waals surface area contributed by atoms with E-state index in [0.717, 1.165) is 22.8 Å². The number of rotatable bonds is 2. The number of hydrogen-bond acceptors (Lipinski definition) is 3. The smallest absolute Gasteiger partial charge is 0.127 e. The van der Waals surface area contributed by atoms with Crippen LogP contribution < -0.4 is 5.73 Å². The van der Waals surface area contributed by atoms with Crippen molar-refractivity contribution in [3.63, 3.8) is 0 Å². The molecule has 1 unspecified atom stereocenters. The van der Waals surface area contributed by atoms with Gasteiger partial charge in [0.15, 0.2) is 0 Å². The zero-order valence-electron chi connectivity index (χ0n) is 8.47. The van der Waals surface area contributed by atoms with Crippen LogP contribution in [-0.4, -0.2) is 11.3 Å². The van der Waals surface area contributed by atoms with Gasteiger partial charge in [-0.1, -0.05) is 25.1 Å². The van der Waals surface area contributed by atoms with E-state index in [4.69, 9.17) is 5.73 Å². The van der Waals surface area contributed by atoms with E-state index in [-0.39, 0.29) is 5.92 Å². The third-order valence-corrected chi connectivity index (χ3v) is 2.54. The van der Waals surface area contributed by atoms with Crippen molar-refractivity contribution in [1.29, 1.82) is 0 Å². The van der Waals surface area contributed by atoms with Gasteiger partial charge in [-0.15, -0.1) is 0 Å². The molecule has 0 spiro atoms. The maximum atomic E-state index is 10.7. The molecule has 1 atom stereocenters. The van der Waals surface area contributed by atoms with Gasteiger partial charge in [0.25, 0.3) is 0 Å². The Bertz CT molecular complexity index is 508. The van der Waals surface area contributed by atoms with Gasteiger partial charge in [0, 0.05) is 17.5 Å². The molecule has 0 saturated carbocycles. The van der Waals surface area contributed by atoms with Gasteiger partial charge < -0.3 is 10.5 Å².